The molecule has 2 aliphatic heterocycles. The normalized spacial score (nSPS) is 27.1. The third-order valence-corrected chi connectivity index (χ3v) is 4.22. The van der Waals surface area contributed by atoms with Gasteiger partial charge in [-0.2, -0.15) is 0 Å². The molecule has 2 rings (SSSR count). The van der Waals surface area contributed by atoms with Crippen molar-refractivity contribution in [3.63, 3.8) is 0 Å². The summed E-state index contributed by atoms with van der Waals surface area (Å²) in [7, 11) is 0. The molecule has 0 aromatic heterocycles. The first kappa shape index (κ1) is 16.1. The van der Waals surface area contributed by atoms with Gasteiger partial charge in [0.25, 0.3) is 0 Å². The third kappa shape index (κ3) is 3.01. The monoisotopic (exact) mass is 301 g/mol. The molecule has 0 aromatic carbocycles. The smallest absolute Gasteiger partial charge is 0.139 e. The van der Waals surface area contributed by atoms with Gasteiger partial charge in [0.15, 0.2) is 0 Å². The summed E-state index contributed by atoms with van der Waals surface area (Å²) < 4.78 is 13.6. The van der Waals surface area contributed by atoms with Gasteiger partial charge in [-0.15, -0.1) is 0 Å². The van der Waals surface area contributed by atoms with E-state index in [9.17, 15) is 4.39 Å². The lowest BCUT2D eigenvalue weighted by molar-refractivity contribution is 0.582. The van der Waals surface area contributed by atoms with Crippen molar-refractivity contribution in [3.8, 4) is 0 Å². The highest BCUT2D eigenvalue weighted by atomic mass is 19.1. The maximum absolute atomic E-state index is 13.6. The zero-order chi connectivity index (χ0) is 16.4. The average Bonchev–Trinajstić information content (AvgIpc) is 2.65. The molecule has 2 unspecified atom stereocenters. The zero-order valence-electron chi connectivity index (χ0n) is 13.5. The number of hydrogen-bond donors (Lipinski definition) is 3. The molecule has 3 nitrogen and oxygen atoms in total. The van der Waals surface area contributed by atoms with Crippen LogP contribution in [0.4, 0.5) is 4.39 Å². The van der Waals surface area contributed by atoms with Crippen LogP contribution in [0.3, 0.4) is 0 Å². The Kier molecular flexibility index (Phi) is 4.59. The Bertz CT molecular complexity index is 635. The molecule has 2 atom stereocenters. The lowest BCUT2D eigenvalue weighted by Crippen LogP contribution is -2.26. The molecule has 0 spiro atoms. The van der Waals surface area contributed by atoms with Crippen molar-refractivity contribution >= 4 is 0 Å². The summed E-state index contributed by atoms with van der Waals surface area (Å²) in [6.07, 6.45) is 5.72. The molecule has 118 valence electrons. The highest BCUT2D eigenvalue weighted by Gasteiger charge is 2.29. The summed E-state index contributed by atoms with van der Waals surface area (Å²) in [6.45, 7) is 14.0. The number of rotatable bonds is 3. The Morgan fingerprint density at radius 2 is 2.18 bits per heavy atom. The minimum Gasteiger partial charge on any atom is -0.399 e. The SMILES string of the molecule is C=C(N)C1=C(C)NC(/C=C2\C(=C)NC=C(F)C=C2CC)C1C. The van der Waals surface area contributed by atoms with E-state index in [0.29, 0.717) is 11.4 Å². The summed E-state index contributed by atoms with van der Waals surface area (Å²) in [5.41, 5.74) is 11.1. The Morgan fingerprint density at radius 3 is 2.73 bits per heavy atom. The van der Waals surface area contributed by atoms with Crippen molar-refractivity contribution in [2.75, 3.05) is 0 Å². The van der Waals surface area contributed by atoms with E-state index in [1.165, 1.54) is 6.20 Å². The molecule has 2 heterocycles. The Morgan fingerprint density at radius 1 is 1.50 bits per heavy atom. The van der Waals surface area contributed by atoms with Gasteiger partial charge in [0.2, 0.25) is 0 Å². The molecule has 22 heavy (non-hydrogen) atoms. The van der Waals surface area contributed by atoms with Crippen LogP contribution in [0, 0.1) is 5.92 Å². The fourth-order valence-electron chi connectivity index (χ4n) is 3.09. The first-order chi connectivity index (χ1) is 10.3. The second-order valence-electron chi connectivity index (χ2n) is 5.78. The van der Waals surface area contributed by atoms with Crippen molar-refractivity contribution in [2.45, 2.75) is 33.2 Å². The molecule has 0 aromatic rings. The summed E-state index contributed by atoms with van der Waals surface area (Å²) >= 11 is 0. The zero-order valence-corrected chi connectivity index (χ0v) is 13.5. The van der Waals surface area contributed by atoms with Crippen LogP contribution in [-0.2, 0) is 0 Å². The van der Waals surface area contributed by atoms with Crippen LogP contribution in [-0.4, -0.2) is 6.04 Å². The van der Waals surface area contributed by atoms with Crippen LogP contribution in [0.2, 0.25) is 0 Å². The molecule has 0 aliphatic carbocycles. The van der Waals surface area contributed by atoms with E-state index in [-0.39, 0.29) is 17.8 Å². The molecule has 4 N–H and O–H groups in total. The summed E-state index contributed by atoms with van der Waals surface area (Å²) in [6, 6.07) is 0.0833. The second kappa shape index (κ2) is 6.26. The molecular weight excluding hydrogens is 277 g/mol. The van der Waals surface area contributed by atoms with Crippen LogP contribution in [0.5, 0.6) is 0 Å². The maximum Gasteiger partial charge on any atom is 0.139 e. The predicted octanol–water partition coefficient (Wildman–Crippen LogP) is 3.53. The topological polar surface area (TPSA) is 50.1 Å². The molecule has 4 heteroatoms. The molecule has 0 saturated heterocycles. The van der Waals surface area contributed by atoms with Crippen LogP contribution < -0.4 is 16.4 Å². The number of hydrogen-bond acceptors (Lipinski definition) is 3. The van der Waals surface area contributed by atoms with Crippen molar-refractivity contribution < 1.29 is 4.39 Å². The van der Waals surface area contributed by atoms with E-state index >= 15 is 0 Å². The minimum absolute atomic E-state index is 0.0833. The fraction of sp³-hybridized carbons (Fsp3) is 0.333. The first-order valence-electron chi connectivity index (χ1n) is 7.51. The number of nitrogens with one attached hydrogen (secondary N) is 2. The van der Waals surface area contributed by atoms with Crippen LogP contribution >= 0.6 is 0 Å². The van der Waals surface area contributed by atoms with Crippen molar-refractivity contribution in [3.05, 3.63) is 71.1 Å². The fourth-order valence-corrected chi connectivity index (χ4v) is 3.09. The van der Waals surface area contributed by atoms with Crippen molar-refractivity contribution in [1.29, 1.82) is 0 Å². The molecular formula is C18H24FN3. The highest BCUT2D eigenvalue weighted by molar-refractivity contribution is 5.51. The van der Waals surface area contributed by atoms with Crippen LogP contribution in [0.25, 0.3) is 0 Å². The van der Waals surface area contributed by atoms with Gasteiger partial charge < -0.3 is 16.4 Å². The van der Waals surface area contributed by atoms with Gasteiger partial charge in [-0.25, -0.2) is 4.39 Å². The van der Waals surface area contributed by atoms with Crippen LogP contribution in [0.15, 0.2) is 71.1 Å². The molecule has 0 amide bonds. The number of halogens is 1. The standard InChI is InChI=1S/C18H24FN3/c1-6-14-7-15(19)9-21-12(4)16(14)8-17-10(2)18(11(3)20)13(5)22-17/h7-10,17,21-22H,3-4,6,20H2,1-2,5H3/b16-8+. The van der Waals surface area contributed by atoms with Crippen LogP contribution in [0.1, 0.15) is 27.2 Å². The first-order valence-corrected chi connectivity index (χ1v) is 7.51. The van der Waals surface area contributed by atoms with Gasteiger partial charge in [-0.05, 0) is 36.1 Å². The van der Waals surface area contributed by atoms with Gasteiger partial charge in [-0.1, -0.05) is 33.1 Å². The summed E-state index contributed by atoms with van der Waals surface area (Å²) in [5, 5.41) is 6.34. The van der Waals surface area contributed by atoms with Gasteiger partial charge in [0.1, 0.15) is 5.83 Å². The van der Waals surface area contributed by atoms with Gasteiger partial charge in [0.05, 0.1) is 6.04 Å². The third-order valence-electron chi connectivity index (χ3n) is 4.22. The summed E-state index contributed by atoms with van der Waals surface area (Å²) in [5.74, 6) is -0.0869. The summed E-state index contributed by atoms with van der Waals surface area (Å²) in [4.78, 5) is 0. The molecule has 0 bridgehead atoms. The quantitative estimate of drug-likeness (QED) is 0.747. The highest BCUT2D eigenvalue weighted by Crippen LogP contribution is 2.32. The van der Waals surface area contributed by atoms with E-state index in [1.807, 2.05) is 13.8 Å². The average molecular weight is 301 g/mol. The lowest BCUT2D eigenvalue weighted by atomic mass is 9.91. The Hall–Kier alpha value is -2.23. The van der Waals surface area contributed by atoms with Gasteiger partial charge >= 0.3 is 0 Å². The van der Waals surface area contributed by atoms with E-state index in [2.05, 4.69) is 36.8 Å². The predicted molar refractivity (Wildman–Crippen MR) is 90.0 cm³/mol. The maximum atomic E-state index is 13.6. The van der Waals surface area contributed by atoms with Gasteiger partial charge in [-0.3, -0.25) is 0 Å². The van der Waals surface area contributed by atoms with E-state index < -0.39 is 0 Å². The molecule has 0 fully saturated rings. The Balaban J connectivity index is 2.35. The number of allylic oxidation sites excluding steroid dienone is 5. The molecule has 2 aliphatic rings. The van der Waals surface area contributed by atoms with E-state index in [4.69, 9.17) is 5.73 Å². The molecule has 0 saturated carbocycles. The Labute approximate surface area is 131 Å². The molecule has 0 radical (unpaired) electrons. The van der Waals surface area contributed by atoms with E-state index in [1.54, 1.807) is 6.08 Å². The van der Waals surface area contributed by atoms with Crippen molar-refractivity contribution in [2.24, 2.45) is 11.7 Å². The lowest BCUT2D eigenvalue weighted by Gasteiger charge is -2.19. The largest absolute Gasteiger partial charge is 0.399 e. The number of nitrogens with two attached hydrogens (primary N) is 1. The minimum atomic E-state index is -0.292. The van der Waals surface area contributed by atoms with E-state index in [0.717, 1.165) is 28.8 Å². The van der Waals surface area contributed by atoms with Crippen molar-refractivity contribution in [1.82, 2.24) is 10.6 Å². The second-order valence-corrected chi connectivity index (χ2v) is 5.78. The van der Waals surface area contributed by atoms with Gasteiger partial charge in [0, 0.05) is 29.2 Å².